The predicted octanol–water partition coefficient (Wildman–Crippen LogP) is 4.21. The van der Waals surface area contributed by atoms with E-state index in [1.165, 1.54) is 23.0 Å². The molecule has 0 aliphatic carbocycles. The van der Waals surface area contributed by atoms with Crippen LogP contribution < -0.4 is 10.9 Å². The zero-order valence-corrected chi connectivity index (χ0v) is 19.2. The van der Waals surface area contributed by atoms with Crippen molar-refractivity contribution in [3.8, 4) is 0 Å². The van der Waals surface area contributed by atoms with Gasteiger partial charge in [-0.2, -0.15) is 0 Å². The molecular weight excluding hydrogens is 455 g/mol. The molecule has 1 aliphatic heterocycles. The zero-order valence-electron chi connectivity index (χ0n) is 17.7. The predicted molar refractivity (Wildman–Crippen MR) is 123 cm³/mol. The summed E-state index contributed by atoms with van der Waals surface area (Å²) in [7, 11) is 0. The van der Waals surface area contributed by atoms with E-state index in [-0.39, 0.29) is 34.8 Å². The topological polar surface area (TPSA) is 84.3 Å². The van der Waals surface area contributed by atoms with Crippen molar-refractivity contribution in [2.75, 3.05) is 11.9 Å². The Bertz CT molecular complexity index is 1270. The number of nitrogens with zero attached hydrogens (tertiary/aromatic N) is 3. The van der Waals surface area contributed by atoms with Crippen molar-refractivity contribution in [3.63, 3.8) is 0 Å². The highest BCUT2D eigenvalue weighted by Gasteiger charge is 2.25. The molecule has 1 aliphatic rings. The van der Waals surface area contributed by atoms with E-state index < -0.39 is 11.7 Å². The van der Waals surface area contributed by atoms with E-state index in [0.717, 1.165) is 36.7 Å². The number of aryl methyl sites for hydroxylation is 1. The monoisotopic (exact) mass is 476 g/mol. The van der Waals surface area contributed by atoms with Crippen LogP contribution in [0.5, 0.6) is 0 Å². The summed E-state index contributed by atoms with van der Waals surface area (Å²) in [5.74, 6) is -1.09. The Labute approximate surface area is 192 Å². The molecule has 4 rings (SSSR count). The van der Waals surface area contributed by atoms with Gasteiger partial charge in [-0.15, -0.1) is 11.3 Å². The third-order valence-corrected chi connectivity index (χ3v) is 7.24. The largest absolute Gasteiger partial charge is 0.338 e. The minimum atomic E-state index is -0.510. The van der Waals surface area contributed by atoms with Crippen LogP contribution in [0.2, 0.25) is 5.02 Å². The summed E-state index contributed by atoms with van der Waals surface area (Å²) in [4.78, 5) is 45.5. The lowest BCUT2D eigenvalue weighted by Gasteiger charge is -2.33. The van der Waals surface area contributed by atoms with Crippen LogP contribution in [0.15, 0.2) is 29.3 Å². The first kappa shape index (κ1) is 22.4. The van der Waals surface area contributed by atoms with Gasteiger partial charge in [0.25, 0.3) is 11.5 Å². The number of fused-ring (bicyclic) bond motifs is 1. The summed E-state index contributed by atoms with van der Waals surface area (Å²) in [6.07, 6.45) is 4.37. The van der Waals surface area contributed by atoms with E-state index in [4.69, 9.17) is 11.6 Å². The Morgan fingerprint density at radius 1 is 1.34 bits per heavy atom. The molecule has 1 aromatic carbocycles. The number of rotatable bonds is 4. The first-order chi connectivity index (χ1) is 15.3. The average molecular weight is 477 g/mol. The van der Waals surface area contributed by atoms with Crippen LogP contribution in [0, 0.1) is 12.7 Å². The molecule has 1 saturated heterocycles. The highest BCUT2D eigenvalue weighted by Crippen LogP contribution is 2.29. The number of nitrogens with one attached hydrogen (secondary N) is 1. The molecule has 32 heavy (non-hydrogen) atoms. The van der Waals surface area contributed by atoms with E-state index in [0.29, 0.717) is 27.2 Å². The third-order valence-electron chi connectivity index (χ3n) is 5.73. The van der Waals surface area contributed by atoms with Gasteiger partial charge in [0.2, 0.25) is 5.91 Å². The number of hydrogen-bond donors (Lipinski definition) is 1. The second kappa shape index (κ2) is 8.99. The molecule has 3 heterocycles. The smallest absolute Gasteiger partial charge is 0.266 e. The molecular formula is C22H22ClFN4O3S. The summed E-state index contributed by atoms with van der Waals surface area (Å²) in [5, 5.41) is 3.03. The fraction of sp³-hybridized carbons (Fsp3) is 0.364. The Hall–Kier alpha value is -2.78. The Balaban J connectivity index is 1.61. The number of carbonyl (C=O) groups excluding carboxylic acids is 2. The Kier molecular flexibility index (Phi) is 6.30. The summed E-state index contributed by atoms with van der Waals surface area (Å²) in [5.41, 5.74) is 0.383. The van der Waals surface area contributed by atoms with Crippen molar-refractivity contribution in [1.82, 2.24) is 14.5 Å². The van der Waals surface area contributed by atoms with E-state index in [1.54, 1.807) is 6.92 Å². The third kappa shape index (κ3) is 4.27. The SMILES string of the molecule is Cc1c(C(=O)Nc2ccc(F)cc2Cl)sc2ncn(CC(=O)N3CCCC[C@H]3C)c(=O)c12. The van der Waals surface area contributed by atoms with E-state index in [9.17, 15) is 18.8 Å². The molecule has 1 fully saturated rings. The number of carbonyl (C=O) groups is 2. The van der Waals surface area contributed by atoms with Crippen LogP contribution >= 0.6 is 22.9 Å². The van der Waals surface area contributed by atoms with Gasteiger partial charge in [0.1, 0.15) is 17.2 Å². The van der Waals surface area contributed by atoms with Gasteiger partial charge in [0.15, 0.2) is 0 Å². The number of anilines is 1. The van der Waals surface area contributed by atoms with Crippen LogP contribution in [-0.2, 0) is 11.3 Å². The minimum absolute atomic E-state index is 0.0723. The van der Waals surface area contributed by atoms with Crippen LogP contribution in [0.4, 0.5) is 10.1 Å². The number of amides is 2. The molecule has 2 aromatic heterocycles. The van der Waals surface area contributed by atoms with Crippen LogP contribution in [-0.4, -0.2) is 38.9 Å². The lowest BCUT2D eigenvalue weighted by molar-refractivity contribution is -0.135. The van der Waals surface area contributed by atoms with E-state index in [1.807, 2.05) is 11.8 Å². The number of benzene rings is 1. The average Bonchev–Trinajstić information content (AvgIpc) is 3.09. The fourth-order valence-corrected chi connectivity index (χ4v) is 5.21. The van der Waals surface area contributed by atoms with Gasteiger partial charge >= 0.3 is 0 Å². The number of thiophene rings is 1. The zero-order chi connectivity index (χ0) is 23.0. The maximum atomic E-state index is 13.3. The van der Waals surface area contributed by atoms with Crippen molar-refractivity contribution in [2.45, 2.75) is 45.7 Å². The van der Waals surface area contributed by atoms with Gasteiger partial charge in [-0.3, -0.25) is 19.0 Å². The highest BCUT2D eigenvalue weighted by atomic mass is 35.5. The quantitative estimate of drug-likeness (QED) is 0.611. The highest BCUT2D eigenvalue weighted by molar-refractivity contribution is 7.20. The molecule has 0 unspecified atom stereocenters. The number of likely N-dealkylation sites (tertiary alicyclic amines) is 1. The maximum Gasteiger partial charge on any atom is 0.266 e. The second-order valence-corrected chi connectivity index (χ2v) is 9.33. The van der Waals surface area contributed by atoms with Gasteiger partial charge in [-0.25, -0.2) is 9.37 Å². The Morgan fingerprint density at radius 2 is 2.12 bits per heavy atom. The van der Waals surface area contributed by atoms with Gasteiger partial charge in [0.05, 0.1) is 27.3 Å². The molecule has 2 amide bonds. The summed E-state index contributed by atoms with van der Waals surface area (Å²) >= 11 is 7.08. The normalized spacial score (nSPS) is 16.4. The standard InChI is InChI=1S/C22H22ClFN4O3S/c1-12-5-3-4-8-28(12)17(29)10-27-11-25-21-18(22(27)31)13(2)19(32-21)20(30)26-16-7-6-14(24)9-15(16)23/h6-7,9,11-12H,3-5,8,10H2,1-2H3,(H,26,30)/t12-/m1/s1. The maximum absolute atomic E-state index is 13.3. The number of halogens is 2. The molecule has 168 valence electrons. The molecule has 0 radical (unpaired) electrons. The Morgan fingerprint density at radius 3 is 2.84 bits per heavy atom. The van der Waals surface area contributed by atoms with Gasteiger partial charge in [-0.05, 0) is 56.9 Å². The molecule has 0 spiro atoms. The van der Waals surface area contributed by atoms with Crippen LogP contribution in [0.25, 0.3) is 10.2 Å². The van der Waals surface area contributed by atoms with E-state index in [2.05, 4.69) is 10.3 Å². The number of aromatic nitrogens is 2. The second-order valence-electron chi connectivity index (χ2n) is 7.92. The lowest BCUT2D eigenvalue weighted by atomic mass is 10.0. The first-order valence-corrected chi connectivity index (χ1v) is 11.5. The van der Waals surface area contributed by atoms with Crippen LogP contribution in [0.1, 0.15) is 41.4 Å². The van der Waals surface area contributed by atoms with Crippen molar-refractivity contribution in [2.24, 2.45) is 0 Å². The van der Waals surface area contributed by atoms with Crippen LogP contribution in [0.3, 0.4) is 0 Å². The summed E-state index contributed by atoms with van der Waals surface area (Å²) in [6.45, 7) is 4.29. The fourth-order valence-electron chi connectivity index (χ4n) is 3.96. The summed E-state index contributed by atoms with van der Waals surface area (Å²) in [6, 6.07) is 3.83. The van der Waals surface area contributed by atoms with Gasteiger partial charge in [-0.1, -0.05) is 11.6 Å². The minimum Gasteiger partial charge on any atom is -0.338 e. The molecule has 0 bridgehead atoms. The number of piperidine rings is 1. The molecule has 10 heteroatoms. The first-order valence-electron chi connectivity index (χ1n) is 10.3. The summed E-state index contributed by atoms with van der Waals surface area (Å²) < 4.78 is 14.6. The molecule has 0 saturated carbocycles. The van der Waals surface area contributed by atoms with Gasteiger partial charge in [0, 0.05) is 12.6 Å². The lowest BCUT2D eigenvalue weighted by Crippen LogP contribution is -2.44. The molecule has 7 nitrogen and oxygen atoms in total. The van der Waals surface area contributed by atoms with Crippen molar-refractivity contribution < 1.29 is 14.0 Å². The number of hydrogen-bond acceptors (Lipinski definition) is 5. The van der Waals surface area contributed by atoms with Crippen molar-refractivity contribution in [1.29, 1.82) is 0 Å². The van der Waals surface area contributed by atoms with Gasteiger partial charge < -0.3 is 10.2 Å². The van der Waals surface area contributed by atoms with E-state index >= 15 is 0 Å². The molecule has 1 N–H and O–H groups in total. The van der Waals surface area contributed by atoms with Crippen molar-refractivity contribution >= 4 is 50.7 Å². The molecule has 1 atom stereocenters. The molecule has 3 aromatic rings. The van der Waals surface area contributed by atoms with Crippen molar-refractivity contribution in [3.05, 3.63) is 56.2 Å².